The van der Waals surface area contributed by atoms with E-state index in [0.717, 1.165) is 28.0 Å². The summed E-state index contributed by atoms with van der Waals surface area (Å²) in [5, 5.41) is 3.20. The number of imidazole rings is 2. The maximum atomic E-state index is 4.79. The molecule has 3 rings (SSSR count). The molecule has 106 valence electrons. The summed E-state index contributed by atoms with van der Waals surface area (Å²) in [7, 11) is 4.01. The Morgan fingerprint density at radius 1 is 1.35 bits per heavy atom. The minimum Gasteiger partial charge on any atom is -0.315 e. The molecule has 0 aliphatic rings. The van der Waals surface area contributed by atoms with Crippen molar-refractivity contribution in [2.75, 3.05) is 7.05 Å². The Hall–Kier alpha value is -1.33. The number of hydrogen-bond acceptors (Lipinski definition) is 2. The van der Waals surface area contributed by atoms with Crippen LogP contribution in [0.25, 0.3) is 16.8 Å². The van der Waals surface area contributed by atoms with Crippen molar-refractivity contribution >= 4 is 32.7 Å². The van der Waals surface area contributed by atoms with E-state index in [1.165, 1.54) is 11.3 Å². The molecule has 0 fully saturated rings. The Morgan fingerprint density at radius 2 is 2.10 bits per heavy atom. The molecule has 1 aromatic carbocycles. The molecule has 0 aliphatic carbocycles. The highest BCUT2D eigenvalue weighted by Gasteiger charge is 2.17. The number of halogens is 1. The van der Waals surface area contributed by atoms with Crippen LogP contribution in [-0.4, -0.2) is 21.0 Å². The van der Waals surface area contributed by atoms with Crippen molar-refractivity contribution in [3.63, 3.8) is 0 Å². The molecule has 0 saturated carbocycles. The van der Waals surface area contributed by atoms with Crippen molar-refractivity contribution in [3.05, 3.63) is 34.1 Å². The predicted molar refractivity (Wildman–Crippen MR) is 86.2 cm³/mol. The van der Waals surface area contributed by atoms with Gasteiger partial charge < -0.3 is 9.88 Å². The molecule has 2 heterocycles. The van der Waals surface area contributed by atoms with Gasteiger partial charge in [-0.25, -0.2) is 4.98 Å². The van der Waals surface area contributed by atoms with E-state index in [-0.39, 0.29) is 0 Å². The van der Waals surface area contributed by atoms with Gasteiger partial charge in [0.25, 0.3) is 0 Å². The summed E-state index contributed by atoms with van der Waals surface area (Å²) >= 11 is 3.71. The number of hydrogen-bond donors (Lipinski definition) is 1. The fraction of sp³-hybridized carbons (Fsp3) is 0.400. The van der Waals surface area contributed by atoms with E-state index >= 15 is 0 Å². The quantitative estimate of drug-likeness (QED) is 0.796. The smallest absolute Gasteiger partial charge is 0.215 e. The van der Waals surface area contributed by atoms with E-state index in [4.69, 9.17) is 4.98 Å². The second-order valence-corrected chi connectivity index (χ2v) is 6.23. The van der Waals surface area contributed by atoms with Crippen LogP contribution in [0.5, 0.6) is 0 Å². The first-order valence-corrected chi connectivity index (χ1v) is 7.63. The second-order valence-electron chi connectivity index (χ2n) is 5.48. The first kappa shape index (κ1) is 13.6. The molecule has 0 unspecified atom stereocenters. The van der Waals surface area contributed by atoms with Crippen LogP contribution in [0.4, 0.5) is 0 Å². The third-order valence-electron chi connectivity index (χ3n) is 3.81. The van der Waals surface area contributed by atoms with E-state index < -0.39 is 0 Å². The monoisotopic (exact) mass is 334 g/mol. The lowest BCUT2D eigenvalue weighted by Crippen LogP contribution is -2.09. The van der Waals surface area contributed by atoms with Crippen LogP contribution in [0, 0.1) is 0 Å². The molecule has 20 heavy (non-hydrogen) atoms. The Bertz CT molecular complexity index is 782. The highest BCUT2D eigenvalue weighted by molar-refractivity contribution is 9.10. The van der Waals surface area contributed by atoms with Crippen LogP contribution in [0.15, 0.2) is 22.8 Å². The Kier molecular flexibility index (Phi) is 3.34. The summed E-state index contributed by atoms with van der Waals surface area (Å²) < 4.78 is 5.38. The summed E-state index contributed by atoms with van der Waals surface area (Å²) in [6.07, 6.45) is 0. The molecular formula is C15H19BrN4. The van der Waals surface area contributed by atoms with Gasteiger partial charge in [0.1, 0.15) is 4.60 Å². The summed E-state index contributed by atoms with van der Waals surface area (Å²) in [5.41, 5.74) is 4.73. The number of fused-ring (bicyclic) bond motifs is 3. The summed E-state index contributed by atoms with van der Waals surface area (Å²) in [5.74, 6) is 1.49. The largest absolute Gasteiger partial charge is 0.315 e. The molecule has 1 N–H and O–H groups in total. The summed E-state index contributed by atoms with van der Waals surface area (Å²) in [4.78, 5) is 4.79. The lowest BCUT2D eigenvalue weighted by molar-refractivity contribution is 0.738. The number of nitrogens with one attached hydrogen (secondary N) is 1. The van der Waals surface area contributed by atoms with E-state index in [9.17, 15) is 0 Å². The minimum atomic E-state index is 0.521. The molecule has 2 aromatic heterocycles. The maximum absolute atomic E-state index is 4.79. The lowest BCUT2D eigenvalue weighted by atomic mass is 10.0. The van der Waals surface area contributed by atoms with Crippen LogP contribution in [0.1, 0.15) is 31.0 Å². The van der Waals surface area contributed by atoms with Crippen LogP contribution in [0.3, 0.4) is 0 Å². The molecule has 0 saturated heterocycles. The molecule has 3 aromatic rings. The van der Waals surface area contributed by atoms with Crippen molar-refractivity contribution in [1.29, 1.82) is 0 Å². The molecule has 5 heteroatoms. The first-order chi connectivity index (χ1) is 9.54. The maximum Gasteiger partial charge on any atom is 0.215 e. The Labute approximate surface area is 126 Å². The van der Waals surface area contributed by atoms with Crippen LogP contribution < -0.4 is 5.32 Å². The zero-order valence-corrected chi connectivity index (χ0v) is 13.8. The van der Waals surface area contributed by atoms with Gasteiger partial charge in [0.05, 0.1) is 16.7 Å². The summed E-state index contributed by atoms with van der Waals surface area (Å²) in [6.45, 7) is 5.22. The molecule has 0 amide bonds. The van der Waals surface area contributed by atoms with Gasteiger partial charge in [0.15, 0.2) is 0 Å². The zero-order chi connectivity index (χ0) is 14.4. The molecular weight excluding hydrogens is 316 g/mol. The van der Waals surface area contributed by atoms with Gasteiger partial charge in [-0.1, -0.05) is 19.9 Å². The van der Waals surface area contributed by atoms with Gasteiger partial charge in [-0.05, 0) is 46.6 Å². The minimum absolute atomic E-state index is 0.521. The highest BCUT2D eigenvalue weighted by Crippen LogP contribution is 2.28. The number of nitrogens with zero attached hydrogens (tertiary/aromatic N) is 3. The van der Waals surface area contributed by atoms with Crippen molar-refractivity contribution in [1.82, 2.24) is 19.3 Å². The topological polar surface area (TPSA) is 34.3 Å². The van der Waals surface area contributed by atoms with Gasteiger partial charge in [-0.15, -0.1) is 0 Å². The summed E-state index contributed by atoms with van der Waals surface area (Å²) in [6, 6.07) is 6.55. The standard InChI is InChI=1S/C15H19BrN4/c1-9(2)10-5-6-12-11(7-10)18-15-19(4)13(8-17-3)14(16)20(12)15/h5-7,9,17H,8H2,1-4H3. The normalized spacial score (nSPS) is 12.1. The average Bonchev–Trinajstić information content (AvgIpc) is 2.90. The molecule has 0 atom stereocenters. The SMILES string of the molecule is CNCc1c(Br)n2c3ccc(C(C)C)cc3nc2n1C. The molecule has 0 spiro atoms. The fourth-order valence-electron chi connectivity index (χ4n) is 2.61. The van der Waals surface area contributed by atoms with Gasteiger partial charge in [0, 0.05) is 13.6 Å². The van der Waals surface area contributed by atoms with Crippen molar-refractivity contribution in [3.8, 4) is 0 Å². The lowest BCUT2D eigenvalue weighted by Gasteiger charge is -2.05. The number of benzene rings is 1. The van der Waals surface area contributed by atoms with Gasteiger partial charge >= 0.3 is 0 Å². The first-order valence-electron chi connectivity index (χ1n) is 6.84. The van der Waals surface area contributed by atoms with Gasteiger partial charge in [0.2, 0.25) is 5.78 Å². The van der Waals surface area contributed by atoms with E-state index in [0.29, 0.717) is 5.92 Å². The number of aromatic nitrogens is 3. The Balaban J connectivity index is 2.31. The van der Waals surface area contributed by atoms with Crippen LogP contribution in [0.2, 0.25) is 0 Å². The molecule has 0 aliphatic heterocycles. The van der Waals surface area contributed by atoms with Gasteiger partial charge in [-0.2, -0.15) is 0 Å². The van der Waals surface area contributed by atoms with Crippen molar-refractivity contribution < 1.29 is 0 Å². The highest BCUT2D eigenvalue weighted by atomic mass is 79.9. The third kappa shape index (κ3) is 1.88. The number of rotatable bonds is 3. The second kappa shape index (κ2) is 4.90. The molecule has 4 nitrogen and oxygen atoms in total. The van der Waals surface area contributed by atoms with Crippen molar-refractivity contribution in [2.45, 2.75) is 26.3 Å². The average molecular weight is 335 g/mol. The Morgan fingerprint density at radius 3 is 2.75 bits per heavy atom. The molecule has 0 radical (unpaired) electrons. The van der Waals surface area contributed by atoms with Crippen molar-refractivity contribution in [2.24, 2.45) is 7.05 Å². The van der Waals surface area contributed by atoms with E-state index in [1.807, 2.05) is 7.05 Å². The number of aryl methyl sites for hydroxylation is 1. The molecule has 0 bridgehead atoms. The van der Waals surface area contributed by atoms with Crippen LogP contribution >= 0.6 is 15.9 Å². The third-order valence-corrected chi connectivity index (χ3v) is 4.62. The fourth-order valence-corrected chi connectivity index (χ4v) is 3.37. The van der Waals surface area contributed by atoms with Crippen LogP contribution in [-0.2, 0) is 13.6 Å². The van der Waals surface area contributed by atoms with E-state index in [2.05, 4.69) is 69.3 Å². The van der Waals surface area contributed by atoms with Gasteiger partial charge in [-0.3, -0.25) is 4.40 Å². The zero-order valence-electron chi connectivity index (χ0n) is 12.2. The predicted octanol–water partition coefficient (Wildman–Crippen LogP) is 3.43. The van der Waals surface area contributed by atoms with E-state index in [1.54, 1.807) is 0 Å².